The van der Waals surface area contributed by atoms with Gasteiger partial charge in [-0.1, -0.05) is 26.7 Å². The van der Waals surface area contributed by atoms with Gasteiger partial charge in [-0.15, -0.1) is 0 Å². The highest BCUT2D eigenvalue weighted by atomic mass is 35.5. The van der Waals surface area contributed by atoms with Crippen LogP contribution in [-0.4, -0.2) is 16.0 Å². The van der Waals surface area contributed by atoms with Crippen LogP contribution in [0, 0.1) is 11.8 Å². The minimum absolute atomic E-state index is 0.307. The average Bonchev–Trinajstić information content (AvgIpc) is 2.25. The molecular formula is C12H18ClN3. The predicted molar refractivity (Wildman–Crippen MR) is 66.6 cm³/mol. The van der Waals surface area contributed by atoms with Gasteiger partial charge in [0.1, 0.15) is 5.82 Å². The lowest BCUT2D eigenvalue weighted by Gasteiger charge is -2.34. The van der Waals surface area contributed by atoms with E-state index in [4.69, 9.17) is 11.6 Å². The van der Waals surface area contributed by atoms with Crippen molar-refractivity contribution in [3.63, 3.8) is 0 Å². The van der Waals surface area contributed by atoms with Crippen molar-refractivity contribution in [1.29, 1.82) is 0 Å². The quantitative estimate of drug-likeness (QED) is 0.805. The molecule has 1 aliphatic rings. The van der Waals surface area contributed by atoms with Crippen LogP contribution in [0.3, 0.4) is 0 Å². The van der Waals surface area contributed by atoms with Crippen LogP contribution in [0.25, 0.3) is 0 Å². The van der Waals surface area contributed by atoms with Crippen molar-refractivity contribution in [2.75, 3.05) is 5.32 Å². The van der Waals surface area contributed by atoms with Crippen LogP contribution in [0.2, 0.25) is 5.28 Å². The Morgan fingerprint density at radius 3 is 2.94 bits per heavy atom. The Hall–Kier alpha value is -0.830. The molecule has 0 bridgehead atoms. The molecule has 1 N–H and O–H groups in total. The molecule has 3 nitrogen and oxygen atoms in total. The zero-order chi connectivity index (χ0) is 11.5. The van der Waals surface area contributed by atoms with E-state index < -0.39 is 0 Å². The molecule has 1 fully saturated rings. The topological polar surface area (TPSA) is 37.8 Å². The Labute approximate surface area is 102 Å². The zero-order valence-electron chi connectivity index (χ0n) is 9.78. The Morgan fingerprint density at radius 1 is 1.38 bits per heavy atom. The van der Waals surface area contributed by atoms with Crippen molar-refractivity contribution in [3.05, 3.63) is 17.5 Å². The monoisotopic (exact) mass is 239 g/mol. The number of nitrogens with one attached hydrogen (secondary N) is 1. The number of halogens is 1. The van der Waals surface area contributed by atoms with E-state index in [1.165, 1.54) is 19.3 Å². The highest BCUT2D eigenvalue weighted by Gasteiger charge is 2.26. The van der Waals surface area contributed by atoms with Crippen LogP contribution in [0.4, 0.5) is 5.82 Å². The van der Waals surface area contributed by atoms with Gasteiger partial charge >= 0.3 is 0 Å². The fourth-order valence-corrected chi connectivity index (χ4v) is 2.54. The smallest absolute Gasteiger partial charge is 0.224 e. The first-order chi connectivity index (χ1) is 7.66. The van der Waals surface area contributed by atoms with E-state index >= 15 is 0 Å². The highest BCUT2D eigenvalue weighted by Crippen LogP contribution is 2.31. The Balaban J connectivity index is 2.03. The number of hydrogen-bond acceptors (Lipinski definition) is 3. The molecule has 0 amide bonds. The van der Waals surface area contributed by atoms with Gasteiger partial charge in [0.2, 0.25) is 5.28 Å². The summed E-state index contributed by atoms with van der Waals surface area (Å²) in [5, 5.41) is 3.77. The first-order valence-corrected chi connectivity index (χ1v) is 6.29. The van der Waals surface area contributed by atoms with Gasteiger partial charge in [-0.2, -0.15) is 0 Å². The van der Waals surface area contributed by atoms with Gasteiger partial charge < -0.3 is 5.32 Å². The summed E-state index contributed by atoms with van der Waals surface area (Å²) in [5.74, 6) is 2.30. The summed E-state index contributed by atoms with van der Waals surface area (Å²) in [7, 11) is 0. The molecule has 1 aromatic heterocycles. The molecule has 0 aliphatic heterocycles. The molecule has 1 aliphatic carbocycles. The molecule has 0 spiro atoms. The summed E-state index contributed by atoms with van der Waals surface area (Å²) < 4.78 is 0. The Kier molecular flexibility index (Phi) is 3.64. The second-order valence-corrected chi connectivity index (χ2v) is 5.07. The van der Waals surface area contributed by atoms with E-state index in [0.29, 0.717) is 17.2 Å². The number of aromatic nitrogens is 2. The lowest BCUT2D eigenvalue weighted by atomic mass is 9.78. The molecule has 0 radical (unpaired) electrons. The van der Waals surface area contributed by atoms with Crippen molar-refractivity contribution in [2.24, 2.45) is 11.8 Å². The fraction of sp³-hybridized carbons (Fsp3) is 0.667. The molecule has 3 atom stereocenters. The van der Waals surface area contributed by atoms with Gasteiger partial charge in [0.25, 0.3) is 0 Å². The van der Waals surface area contributed by atoms with Crippen LogP contribution in [0.5, 0.6) is 0 Å². The molecule has 88 valence electrons. The summed E-state index contributed by atoms with van der Waals surface area (Å²) in [4.78, 5) is 8.05. The lowest BCUT2D eigenvalue weighted by Crippen LogP contribution is -2.35. The predicted octanol–water partition coefficient (Wildman–Crippen LogP) is 3.37. The minimum Gasteiger partial charge on any atom is -0.367 e. The van der Waals surface area contributed by atoms with Gasteiger partial charge in [-0.05, 0) is 35.9 Å². The van der Waals surface area contributed by atoms with E-state index in [2.05, 4.69) is 29.1 Å². The second kappa shape index (κ2) is 5.00. The third-order valence-corrected chi connectivity index (χ3v) is 3.85. The first kappa shape index (κ1) is 11.6. The van der Waals surface area contributed by atoms with Gasteiger partial charge in [0, 0.05) is 12.2 Å². The molecule has 1 saturated carbocycles. The van der Waals surface area contributed by atoms with Gasteiger partial charge in [-0.25, -0.2) is 9.97 Å². The van der Waals surface area contributed by atoms with Gasteiger partial charge in [-0.3, -0.25) is 0 Å². The van der Waals surface area contributed by atoms with Gasteiger partial charge in [0.05, 0.1) is 0 Å². The van der Waals surface area contributed by atoms with E-state index in [1.54, 1.807) is 6.20 Å². The van der Waals surface area contributed by atoms with Crippen LogP contribution in [0.15, 0.2) is 12.3 Å². The maximum Gasteiger partial charge on any atom is 0.224 e. The molecule has 16 heavy (non-hydrogen) atoms. The minimum atomic E-state index is 0.307. The van der Waals surface area contributed by atoms with Crippen molar-refractivity contribution < 1.29 is 0 Å². The van der Waals surface area contributed by atoms with E-state index in [9.17, 15) is 0 Å². The van der Waals surface area contributed by atoms with Crippen LogP contribution in [0.1, 0.15) is 33.1 Å². The Morgan fingerprint density at radius 2 is 2.19 bits per heavy atom. The fourth-order valence-electron chi connectivity index (χ4n) is 2.39. The van der Waals surface area contributed by atoms with E-state index in [0.717, 1.165) is 11.7 Å². The highest BCUT2D eigenvalue weighted by molar-refractivity contribution is 6.28. The molecule has 4 heteroatoms. The SMILES string of the molecule is CC1CCCC(Nc2ccnc(Cl)n2)C1C. The van der Waals surface area contributed by atoms with Crippen molar-refractivity contribution in [1.82, 2.24) is 9.97 Å². The third-order valence-electron chi connectivity index (χ3n) is 3.67. The maximum absolute atomic E-state index is 5.77. The summed E-state index contributed by atoms with van der Waals surface area (Å²) in [5.41, 5.74) is 0. The average molecular weight is 240 g/mol. The first-order valence-electron chi connectivity index (χ1n) is 5.92. The van der Waals surface area contributed by atoms with Crippen molar-refractivity contribution in [3.8, 4) is 0 Å². The van der Waals surface area contributed by atoms with Crippen LogP contribution < -0.4 is 5.32 Å². The number of rotatable bonds is 2. The van der Waals surface area contributed by atoms with Crippen LogP contribution >= 0.6 is 11.6 Å². The lowest BCUT2D eigenvalue weighted by molar-refractivity contribution is 0.253. The molecule has 0 aromatic carbocycles. The zero-order valence-corrected chi connectivity index (χ0v) is 10.5. The summed E-state index contributed by atoms with van der Waals surface area (Å²) in [6.07, 6.45) is 5.54. The van der Waals surface area contributed by atoms with Crippen molar-refractivity contribution >= 4 is 17.4 Å². The molecule has 2 rings (SSSR count). The normalized spacial score (nSPS) is 30.1. The summed E-state index contributed by atoms with van der Waals surface area (Å²) >= 11 is 5.77. The largest absolute Gasteiger partial charge is 0.367 e. The standard InChI is InChI=1S/C12H18ClN3/c1-8-4-3-5-10(9(8)2)15-11-6-7-14-12(13)16-11/h6-10H,3-5H2,1-2H3,(H,14,15,16). The molecule has 1 aromatic rings. The second-order valence-electron chi connectivity index (χ2n) is 4.73. The summed E-state index contributed by atoms with van der Waals surface area (Å²) in [6, 6.07) is 2.38. The maximum atomic E-state index is 5.77. The van der Waals surface area contributed by atoms with Crippen LogP contribution in [-0.2, 0) is 0 Å². The van der Waals surface area contributed by atoms with E-state index in [1.807, 2.05) is 6.07 Å². The molecule has 0 saturated heterocycles. The third kappa shape index (κ3) is 2.64. The van der Waals surface area contributed by atoms with Crippen molar-refractivity contribution in [2.45, 2.75) is 39.2 Å². The number of hydrogen-bond donors (Lipinski definition) is 1. The number of anilines is 1. The van der Waals surface area contributed by atoms with E-state index in [-0.39, 0.29) is 0 Å². The summed E-state index contributed by atoms with van der Waals surface area (Å²) in [6.45, 7) is 4.63. The Bertz CT molecular complexity index is 356. The molecule has 1 heterocycles. The number of nitrogens with zero attached hydrogens (tertiary/aromatic N) is 2. The molecule has 3 unspecified atom stereocenters. The molecular weight excluding hydrogens is 222 g/mol. The van der Waals surface area contributed by atoms with Gasteiger partial charge in [0.15, 0.2) is 0 Å².